The molecule has 0 saturated heterocycles. The average Bonchev–Trinajstić information content (AvgIpc) is 2.26. The lowest BCUT2D eigenvalue weighted by atomic mass is 9.94. The molecule has 0 aromatic heterocycles. The van der Waals surface area contributed by atoms with Gasteiger partial charge in [-0.15, -0.1) is 6.42 Å². The minimum atomic E-state index is -0.503. The Kier molecular flexibility index (Phi) is 4.60. The molecule has 2 atom stereocenters. The monoisotopic (exact) mass is 240 g/mol. The fourth-order valence-electron chi connectivity index (χ4n) is 1.58. The third-order valence-electron chi connectivity index (χ3n) is 2.31. The van der Waals surface area contributed by atoms with Gasteiger partial charge in [0.2, 0.25) is 0 Å². The van der Waals surface area contributed by atoms with Crippen LogP contribution >= 0.6 is 11.6 Å². The van der Waals surface area contributed by atoms with Crippen LogP contribution in [0.3, 0.4) is 0 Å². The zero-order valence-corrected chi connectivity index (χ0v) is 9.95. The van der Waals surface area contributed by atoms with E-state index < -0.39 is 5.24 Å². The average molecular weight is 241 g/mol. The molecule has 2 unspecified atom stereocenters. The van der Waals surface area contributed by atoms with Gasteiger partial charge in [0.05, 0.1) is 7.11 Å². The number of allylic oxidation sites excluding steroid dienone is 2. The van der Waals surface area contributed by atoms with Crippen LogP contribution in [-0.2, 0) is 14.3 Å². The summed E-state index contributed by atoms with van der Waals surface area (Å²) in [5, 5.41) is -0.503. The van der Waals surface area contributed by atoms with Crippen molar-refractivity contribution in [3.63, 3.8) is 0 Å². The maximum Gasteiger partial charge on any atom is 0.252 e. The Labute approximate surface area is 100 Å². The van der Waals surface area contributed by atoms with E-state index in [4.69, 9.17) is 27.5 Å². The molecule has 3 nitrogen and oxygen atoms in total. The van der Waals surface area contributed by atoms with Crippen LogP contribution in [0.1, 0.15) is 6.92 Å². The van der Waals surface area contributed by atoms with Gasteiger partial charge in [-0.3, -0.25) is 4.79 Å². The van der Waals surface area contributed by atoms with E-state index in [1.807, 2.05) is 6.92 Å². The van der Waals surface area contributed by atoms with Crippen LogP contribution in [0.4, 0.5) is 0 Å². The largest absolute Gasteiger partial charge is 0.498 e. The fraction of sp³-hybridized carbons (Fsp3) is 0.417. The van der Waals surface area contributed by atoms with Crippen LogP contribution in [0.5, 0.6) is 0 Å². The molecule has 0 saturated carbocycles. The summed E-state index contributed by atoms with van der Waals surface area (Å²) < 4.78 is 10.6. The molecule has 0 spiro atoms. The molecule has 0 fully saturated rings. The highest BCUT2D eigenvalue weighted by Gasteiger charge is 2.27. The van der Waals surface area contributed by atoms with Crippen molar-refractivity contribution in [1.29, 1.82) is 0 Å². The standard InChI is InChI=1S/C12H13ClO3/c1-4-5-16-11-8(2)6-9(12(13)14)7-10(11)15-3/h1,6-8,11H,5H2,2-3H3. The lowest BCUT2D eigenvalue weighted by molar-refractivity contribution is -0.108. The Morgan fingerprint density at radius 1 is 1.69 bits per heavy atom. The van der Waals surface area contributed by atoms with E-state index in [-0.39, 0.29) is 18.6 Å². The predicted octanol–water partition coefficient (Wildman–Crippen LogP) is 1.88. The van der Waals surface area contributed by atoms with Gasteiger partial charge >= 0.3 is 0 Å². The van der Waals surface area contributed by atoms with Gasteiger partial charge in [0.15, 0.2) is 0 Å². The van der Waals surface area contributed by atoms with Crippen LogP contribution in [0.25, 0.3) is 0 Å². The molecule has 0 amide bonds. The maximum absolute atomic E-state index is 11.1. The molecular weight excluding hydrogens is 228 g/mol. The second-order valence-electron chi connectivity index (χ2n) is 3.44. The first-order valence-corrected chi connectivity index (χ1v) is 5.20. The summed E-state index contributed by atoms with van der Waals surface area (Å²) in [6.07, 6.45) is 8.19. The SMILES string of the molecule is C#CCOC1C(OC)=CC(C(=O)Cl)=CC1C. The highest BCUT2D eigenvalue weighted by Crippen LogP contribution is 2.27. The van der Waals surface area contributed by atoms with Gasteiger partial charge in [-0.25, -0.2) is 0 Å². The lowest BCUT2D eigenvalue weighted by Gasteiger charge is -2.26. The lowest BCUT2D eigenvalue weighted by Crippen LogP contribution is -2.27. The number of hydrogen-bond acceptors (Lipinski definition) is 3. The van der Waals surface area contributed by atoms with Crippen LogP contribution in [0.15, 0.2) is 23.5 Å². The summed E-state index contributed by atoms with van der Waals surface area (Å²) in [5.41, 5.74) is 0.423. The molecule has 1 aliphatic rings. The first-order valence-electron chi connectivity index (χ1n) is 4.82. The Bertz CT molecular complexity index is 376. The molecule has 1 aliphatic carbocycles. The van der Waals surface area contributed by atoms with Gasteiger partial charge in [0, 0.05) is 11.5 Å². The number of carbonyl (C=O) groups is 1. The normalized spacial score (nSPS) is 24.1. The number of terminal acetylenes is 1. The Hall–Kier alpha value is -1.24. The minimum Gasteiger partial charge on any atom is -0.498 e. The van der Waals surface area contributed by atoms with Gasteiger partial charge in [0.25, 0.3) is 5.24 Å². The van der Waals surface area contributed by atoms with Crippen molar-refractivity contribution >= 4 is 16.8 Å². The van der Waals surface area contributed by atoms with Crippen molar-refractivity contribution in [2.45, 2.75) is 13.0 Å². The molecule has 0 aliphatic heterocycles. The summed E-state index contributed by atoms with van der Waals surface area (Å²) in [6, 6.07) is 0. The molecule has 0 aromatic carbocycles. The second-order valence-corrected chi connectivity index (χ2v) is 3.78. The van der Waals surface area contributed by atoms with E-state index in [2.05, 4.69) is 5.92 Å². The first-order chi connectivity index (χ1) is 7.60. The number of carbonyl (C=O) groups excluding carboxylic acids is 1. The highest BCUT2D eigenvalue weighted by molar-refractivity contribution is 6.68. The second kappa shape index (κ2) is 5.74. The zero-order valence-electron chi connectivity index (χ0n) is 9.20. The van der Waals surface area contributed by atoms with Crippen LogP contribution in [0.2, 0.25) is 0 Å². The molecule has 1 rings (SSSR count). The van der Waals surface area contributed by atoms with E-state index in [1.54, 1.807) is 12.2 Å². The molecule has 16 heavy (non-hydrogen) atoms. The fourth-order valence-corrected chi connectivity index (χ4v) is 1.70. The molecule has 4 heteroatoms. The molecule has 0 heterocycles. The van der Waals surface area contributed by atoms with E-state index >= 15 is 0 Å². The number of rotatable bonds is 4. The van der Waals surface area contributed by atoms with E-state index in [0.717, 1.165) is 0 Å². The first kappa shape index (κ1) is 12.8. The number of halogens is 1. The third-order valence-corrected chi connectivity index (χ3v) is 2.53. The van der Waals surface area contributed by atoms with Crippen molar-refractivity contribution < 1.29 is 14.3 Å². The Balaban J connectivity index is 2.89. The summed E-state index contributed by atoms with van der Waals surface area (Å²) in [6.45, 7) is 2.11. The number of hydrogen-bond donors (Lipinski definition) is 0. The van der Waals surface area contributed by atoms with E-state index in [0.29, 0.717) is 11.3 Å². The Morgan fingerprint density at radius 3 is 2.88 bits per heavy atom. The van der Waals surface area contributed by atoms with Crippen LogP contribution in [0, 0.1) is 18.3 Å². The number of methoxy groups -OCH3 is 1. The maximum atomic E-state index is 11.1. The van der Waals surface area contributed by atoms with E-state index in [9.17, 15) is 4.79 Å². The van der Waals surface area contributed by atoms with Gasteiger partial charge in [-0.2, -0.15) is 0 Å². The van der Waals surface area contributed by atoms with Gasteiger partial charge < -0.3 is 9.47 Å². The highest BCUT2D eigenvalue weighted by atomic mass is 35.5. The van der Waals surface area contributed by atoms with Crippen molar-refractivity contribution in [3.8, 4) is 12.3 Å². The topological polar surface area (TPSA) is 35.5 Å². The summed E-state index contributed by atoms with van der Waals surface area (Å²) in [4.78, 5) is 11.1. The van der Waals surface area contributed by atoms with Crippen molar-refractivity contribution in [2.75, 3.05) is 13.7 Å². The summed E-state index contributed by atoms with van der Waals surface area (Å²) in [7, 11) is 1.52. The van der Waals surface area contributed by atoms with Gasteiger partial charge in [-0.05, 0) is 17.7 Å². The van der Waals surface area contributed by atoms with Gasteiger partial charge in [0.1, 0.15) is 18.5 Å². The smallest absolute Gasteiger partial charge is 0.252 e. The minimum absolute atomic E-state index is 0.00833. The Morgan fingerprint density at radius 2 is 2.38 bits per heavy atom. The molecule has 0 N–H and O–H groups in total. The molecule has 0 radical (unpaired) electrons. The van der Waals surface area contributed by atoms with Crippen molar-refractivity contribution in [1.82, 2.24) is 0 Å². The predicted molar refractivity (Wildman–Crippen MR) is 61.8 cm³/mol. The quantitative estimate of drug-likeness (QED) is 0.556. The van der Waals surface area contributed by atoms with Crippen molar-refractivity contribution in [2.24, 2.45) is 5.92 Å². The molecular formula is C12H13ClO3. The van der Waals surface area contributed by atoms with Crippen LogP contribution < -0.4 is 0 Å². The van der Waals surface area contributed by atoms with Crippen LogP contribution in [-0.4, -0.2) is 25.1 Å². The van der Waals surface area contributed by atoms with E-state index in [1.165, 1.54) is 7.11 Å². The number of ether oxygens (including phenoxy) is 2. The molecule has 0 aromatic rings. The summed E-state index contributed by atoms with van der Waals surface area (Å²) >= 11 is 5.42. The van der Waals surface area contributed by atoms with Crippen molar-refractivity contribution in [3.05, 3.63) is 23.5 Å². The van der Waals surface area contributed by atoms with Gasteiger partial charge in [-0.1, -0.05) is 18.9 Å². The third kappa shape index (κ3) is 2.88. The summed E-state index contributed by atoms with van der Waals surface area (Å²) in [5.74, 6) is 2.95. The zero-order chi connectivity index (χ0) is 12.1. The molecule has 86 valence electrons. The molecule has 0 bridgehead atoms.